The summed E-state index contributed by atoms with van der Waals surface area (Å²) in [6, 6.07) is 19.0. The van der Waals surface area contributed by atoms with Crippen molar-refractivity contribution in [3.63, 3.8) is 0 Å². The average molecular weight is 448 g/mol. The molecule has 0 atom stereocenters. The molecule has 2 aromatic carbocycles. The Morgan fingerprint density at radius 2 is 1.72 bits per heavy atom. The van der Waals surface area contributed by atoms with Gasteiger partial charge in [0.05, 0.1) is 6.54 Å². The Morgan fingerprint density at radius 3 is 2.34 bits per heavy atom. The second kappa shape index (κ2) is 10.3. The number of hydrogen-bond acceptors (Lipinski definition) is 5. The monoisotopic (exact) mass is 447 g/mol. The SMILES string of the molecule is NNC(=O)c1ccc(CN(C(=O)N2CCSCC2)c2ccc(-c3cccnc3)cc2)cc1. The van der Waals surface area contributed by atoms with E-state index in [1.165, 1.54) is 0 Å². The highest BCUT2D eigenvalue weighted by molar-refractivity contribution is 7.99. The number of carbonyl (C=O) groups is 2. The predicted molar refractivity (Wildman–Crippen MR) is 128 cm³/mol. The van der Waals surface area contributed by atoms with Gasteiger partial charge in [-0.1, -0.05) is 30.3 Å². The zero-order valence-electron chi connectivity index (χ0n) is 17.6. The normalized spacial score (nSPS) is 13.5. The van der Waals surface area contributed by atoms with Crippen LogP contribution in [0.2, 0.25) is 0 Å². The van der Waals surface area contributed by atoms with Gasteiger partial charge in [0.2, 0.25) is 0 Å². The molecule has 3 aromatic rings. The van der Waals surface area contributed by atoms with Gasteiger partial charge >= 0.3 is 6.03 Å². The predicted octanol–water partition coefficient (Wildman–Crippen LogP) is 3.53. The average Bonchev–Trinajstić information content (AvgIpc) is 2.88. The van der Waals surface area contributed by atoms with Crippen LogP contribution in [0.1, 0.15) is 15.9 Å². The van der Waals surface area contributed by atoms with Crippen molar-refractivity contribution in [3.05, 3.63) is 84.2 Å². The van der Waals surface area contributed by atoms with E-state index < -0.39 is 0 Å². The van der Waals surface area contributed by atoms with Crippen LogP contribution in [-0.2, 0) is 6.54 Å². The third-order valence-corrected chi connectivity index (χ3v) is 6.32. The molecule has 32 heavy (non-hydrogen) atoms. The number of pyridine rings is 1. The second-order valence-electron chi connectivity index (χ2n) is 7.43. The number of amides is 3. The van der Waals surface area contributed by atoms with Crippen molar-refractivity contribution in [2.45, 2.75) is 6.54 Å². The molecule has 3 N–H and O–H groups in total. The summed E-state index contributed by atoms with van der Waals surface area (Å²) in [6.45, 7) is 1.88. The number of hydrazine groups is 1. The van der Waals surface area contributed by atoms with Gasteiger partial charge in [0, 0.05) is 48.2 Å². The maximum atomic E-state index is 13.4. The van der Waals surface area contributed by atoms with Crippen molar-refractivity contribution in [2.75, 3.05) is 29.5 Å². The fraction of sp³-hybridized carbons (Fsp3) is 0.208. The molecule has 1 fully saturated rings. The standard InChI is InChI=1S/C24H25N5O2S/c25-27-23(30)20-5-3-18(4-6-20)17-29(24(31)28-12-14-32-15-13-28)22-9-7-19(8-10-22)21-2-1-11-26-16-21/h1-11,16H,12-15,17,25H2,(H,27,30). The minimum Gasteiger partial charge on any atom is -0.323 e. The Bertz CT molecular complexity index is 1050. The van der Waals surface area contributed by atoms with Crippen molar-refractivity contribution in [2.24, 2.45) is 5.84 Å². The molecule has 0 spiro atoms. The Balaban J connectivity index is 1.60. The topological polar surface area (TPSA) is 91.6 Å². The molecule has 2 heterocycles. The third kappa shape index (κ3) is 5.09. The van der Waals surface area contributed by atoms with Crippen LogP contribution in [0.4, 0.5) is 10.5 Å². The molecule has 0 unspecified atom stereocenters. The van der Waals surface area contributed by atoms with Crippen LogP contribution in [-0.4, -0.2) is 46.4 Å². The van der Waals surface area contributed by atoms with E-state index in [0.717, 1.165) is 47.0 Å². The van der Waals surface area contributed by atoms with Crippen molar-refractivity contribution < 1.29 is 9.59 Å². The molecule has 164 valence electrons. The van der Waals surface area contributed by atoms with Crippen LogP contribution in [0.5, 0.6) is 0 Å². The van der Waals surface area contributed by atoms with Crippen molar-refractivity contribution in [1.29, 1.82) is 0 Å². The summed E-state index contributed by atoms with van der Waals surface area (Å²) in [6.07, 6.45) is 3.57. The molecule has 8 heteroatoms. The maximum absolute atomic E-state index is 13.4. The van der Waals surface area contributed by atoms with Gasteiger partial charge in [-0.05, 0) is 47.0 Å². The minimum absolute atomic E-state index is 0.0109. The van der Waals surface area contributed by atoms with E-state index in [2.05, 4.69) is 10.4 Å². The first kappa shape index (κ1) is 21.9. The summed E-state index contributed by atoms with van der Waals surface area (Å²) >= 11 is 1.87. The molecule has 1 aliphatic heterocycles. The van der Waals surface area contributed by atoms with Gasteiger partial charge < -0.3 is 4.90 Å². The number of anilines is 1. The van der Waals surface area contributed by atoms with Crippen molar-refractivity contribution in [3.8, 4) is 11.1 Å². The van der Waals surface area contributed by atoms with Crippen LogP contribution in [0.3, 0.4) is 0 Å². The fourth-order valence-electron chi connectivity index (χ4n) is 3.59. The number of nitrogens with two attached hydrogens (primary N) is 1. The number of thioether (sulfide) groups is 1. The molecule has 1 saturated heterocycles. The first-order chi connectivity index (χ1) is 15.7. The zero-order chi connectivity index (χ0) is 22.3. The Hall–Kier alpha value is -3.36. The highest BCUT2D eigenvalue weighted by Crippen LogP contribution is 2.25. The van der Waals surface area contributed by atoms with E-state index in [1.54, 1.807) is 23.2 Å². The van der Waals surface area contributed by atoms with Gasteiger partial charge in [-0.15, -0.1) is 0 Å². The molecule has 3 amide bonds. The van der Waals surface area contributed by atoms with Gasteiger partial charge in [0.25, 0.3) is 5.91 Å². The minimum atomic E-state index is -0.346. The van der Waals surface area contributed by atoms with E-state index in [4.69, 9.17) is 5.84 Å². The molecule has 0 saturated carbocycles. The summed E-state index contributed by atoms with van der Waals surface area (Å²) in [5.74, 6) is 6.76. The number of nitrogens with zero attached hydrogens (tertiary/aromatic N) is 3. The fourth-order valence-corrected chi connectivity index (χ4v) is 4.49. The van der Waals surface area contributed by atoms with Crippen LogP contribution in [0.15, 0.2) is 73.1 Å². The largest absolute Gasteiger partial charge is 0.324 e. The Labute approximate surface area is 191 Å². The number of hydrogen-bond donors (Lipinski definition) is 2. The smallest absolute Gasteiger partial charge is 0.323 e. The first-order valence-corrected chi connectivity index (χ1v) is 11.6. The molecule has 0 aliphatic carbocycles. The lowest BCUT2D eigenvalue weighted by atomic mass is 10.1. The van der Waals surface area contributed by atoms with Crippen LogP contribution in [0.25, 0.3) is 11.1 Å². The number of aromatic nitrogens is 1. The number of nitrogen functional groups attached to an aromatic ring is 1. The van der Waals surface area contributed by atoms with Gasteiger partial charge in [-0.25, -0.2) is 10.6 Å². The van der Waals surface area contributed by atoms with E-state index in [0.29, 0.717) is 12.1 Å². The van der Waals surface area contributed by atoms with Crippen molar-refractivity contribution in [1.82, 2.24) is 15.3 Å². The number of nitrogens with one attached hydrogen (secondary N) is 1. The summed E-state index contributed by atoms with van der Waals surface area (Å²) in [5.41, 5.74) is 6.42. The zero-order valence-corrected chi connectivity index (χ0v) is 18.4. The molecule has 1 aliphatic rings. The lowest BCUT2D eigenvalue weighted by Gasteiger charge is -2.33. The molecule has 1 aromatic heterocycles. The summed E-state index contributed by atoms with van der Waals surface area (Å²) in [5, 5.41) is 0. The first-order valence-electron chi connectivity index (χ1n) is 10.4. The summed E-state index contributed by atoms with van der Waals surface area (Å²) in [4.78, 5) is 33.0. The quantitative estimate of drug-likeness (QED) is 0.355. The third-order valence-electron chi connectivity index (χ3n) is 5.37. The molecular weight excluding hydrogens is 422 g/mol. The van der Waals surface area contributed by atoms with Crippen molar-refractivity contribution >= 4 is 29.4 Å². The lowest BCUT2D eigenvalue weighted by Crippen LogP contribution is -2.46. The van der Waals surface area contributed by atoms with E-state index >= 15 is 0 Å². The lowest BCUT2D eigenvalue weighted by molar-refractivity contribution is 0.0953. The summed E-state index contributed by atoms with van der Waals surface area (Å²) < 4.78 is 0. The molecule has 0 bridgehead atoms. The number of carbonyl (C=O) groups excluding carboxylic acids is 2. The summed E-state index contributed by atoms with van der Waals surface area (Å²) in [7, 11) is 0. The number of benzene rings is 2. The van der Waals surface area contributed by atoms with Crippen LogP contribution < -0.4 is 16.2 Å². The molecule has 0 radical (unpaired) electrons. The molecule has 4 rings (SSSR count). The van der Waals surface area contributed by atoms with Gasteiger partial charge in [0.15, 0.2) is 0 Å². The van der Waals surface area contributed by atoms with Gasteiger partial charge in [-0.2, -0.15) is 11.8 Å². The Kier molecular flexibility index (Phi) is 7.03. The highest BCUT2D eigenvalue weighted by Gasteiger charge is 2.24. The maximum Gasteiger partial charge on any atom is 0.324 e. The molecular formula is C24H25N5O2S. The van der Waals surface area contributed by atoms with E-state index in [1.807, 2.05) is 71.4 Å². The number of rotatable bonds is 5. The highest BCUT2D eigenvalue weighted by atomic mass is 32.2. The molecule has 7 nitrogen and oxygen atoms in total. The number of urea groups is 1. The van der Waals surface area contributed by atoms with Gasteiger partial charge in [0.1, 0.15) is 0 Å². The second-order valence-corrected chi connectivity index (χ2v) is 8.65. The van der Waals surface area contributed by atoms with Gasteiger partial charge in [-0.3, -0.25) is 20.1 Å². The van der Waals surface area contributed by atoms with E-state index in [9.17, 15) is 9.59 Å². The van der Waals surface area contributed by atoms with Crippen LogP contribution in [0, 0.1) is 0 Å². The van der Waals surface area contributed by atoms with E-state index in [-0.39, 0.29) is 11.9 Å². The Morgan fingerprint density at radius 1 is 1.00 bits per heavy atom. The van der Waals surface area contributed by atoms with Crippen LogP contribution >= 0.6 is 11.8 Å².